The van der Waals surface area contributed by atoms with Gasteiger partial charge in [0.2, 0.25) is 10.9 Å². The number of anilines is 1. The van der Waals surface area contributed by atoms with Crippen LogP contribution in [0.2, 0.25) is 0 Å². The Balaban J connectivity index is 2.12. The average Bonchev–Trinajstić information content (AvgIpc) is 3.08. The Hall–Kier alpha value is -3.21. The lowest BCUT2D eigenvalue weighted by molar-refractivity contribution is -0.385. The van der Waals surface area contributed by atoms with Crippen molar-refractivity contribution in [2.45, 2.75) is 13.3 Å². The van der Waals surface area contributed by atoms with Gasteiger partial charge in [-0.1, -0.05) is 0 Å². The lowest BCUT2D eigenvalue weighted by Crippen LogP contribution is -2.07. The zero-order valence-corrected chi connectivity index (χ0v) is 15.7. The number of rotatable bonds is 9. The lowest BCUT2D eigenvalue weighted by Gasteiger charge is -2.08. The molecule has 0 bridgehead atoms. The molecule has 1 aromatic carbocycles. The van der Waals surface area contributed by atoms with Crippen LogP contribution in [0.5, 0.6) is 11.5 Å². The van der Waals surface area contributed by atoms with Gasteiger partial charge >= 0.3 is 11.7 Å². The summed E-state index contributed by atoms with van der Waals surface area (Å²) in [5.41, 5.74) is 3.47. The highest BCUT2D eigenvalue weighted by atomic mass is 32.1. The monoisotopic (exact) mass is 394 g/mol. The molecule has 0 aliphatic heterocycles. The van der Waals surface area contributed by atoms with Crippen LogP contribution in [0.25, 0.3) is 0 Å². The fourth-order valence-corrected chi connectivity index (χ4v) is 2.77. The number of hydrogen-bond acceptors (Lipinski definition) is 10. The second-order valence-corrected chi connectivity index (χ2v) is 5.88. The zero-order chi connectivity index (χ0) is 19.8. The third-order valence-electron chi connectivity index (χ3n) is 3.27. The molecule has 2 rings (SSSR count). The van der Waals surface area contributed by atoms with Crippen molar-refractivity contribution in [3.63, 3.8) is 0 Å². The molecule has 0 radical (unpaired) electrons. The number of carbonyl (C=O) groups is 1. The van der Waals surface area contributed by atoms with Crippen molar-refractivity contribution in [1.82, 2.24) is 4.98 Å². The highest BCUT2D eigenvalue weighted by Crippen LogP contribution is 2.33. The summed E-state index contributed by atoms with van der Waals surface area (Å²) in [5, 5.41) is 17.3. The Labute approximate surface area is 158 Å². The number of carbonyl (C=O) groups excluding carboxylic acids is 1. The van der Waals surface area contributed by atoms with Gasteiger partial charge in [-0.25, -0.2) is 4.98 Å². The summed E-state index contributed by atoms with van der Waals surface area (Å²) < 4.78 is 15.1. The molecule has 0 aliphatic rings. The highest BCUT2D eigenvalue weighted by Gasteiger charge is 2.18. The van der Waals surface area contributed by atoms with E-state index in [1.54, 1.807) is 12.3 Å². The van der Waals surface area contributed by atoms with Crippen molar-refractivity contribution in [3.05, 3.63) is 38.9 Å². The maximum atomic E-state index is 11.4. The molecule has 0 aliphatic carbocycles. The first-order chi connectivity index (χ1) is 13.0. The van der Waals surface area contributed by atoms with E-state index in [2.05, 4.69) is 15.5 Å². The Morgan fingerprint density at radius 1 is 1.37 bits per heavy atom. The largest absolute Gasteiger partial charge is 0.496 e. The van der Waals surface area contributed by atoms with Gasteiger partial charge in [0.05, 0.1) is 44.1 Å². The number of aromatic nitrogens is 1. The number of benzene rings is 1. The molecule has 1 aromatic heterocycles. The van der Waals surface area contributed by atoms with Crippen LogP contribution in [0.1, 0.15) is 18.2 Å². The van der Waals surface area contributed by atoms with E-state index in [4.69, 9.17) is 14.2 Å². The van der Waals surface area contributed by atoms with Gasteiger partial charge in [0.15, 0.2) is 0 Å². The Kier molecular flexibility index (Phi) is 7.06. The van der Waals surface area contributed by atoms with Crippen molar-refractivity contribution in [3.8, 4) is 11.5 Å². The third kappa shape index (κ3) is 5.38. The summed E-state index contributed by atoms with van der Waals surface area (Å²) in [5.74, 6) is 0.101. The van der Waals surface area contributed by atoms with E-state index in [1.807, 2.05) is 0 Å². The van der Waals surface area contributed by atoms with Gasteiger partial charge in [-0.3, -0.25) is 20.3 Å². The van der Waals surface area contributed by atoms with E-state index in [0.29, 0.717) is 28.7 Å². The molecule has 1 N–H and O–H groups in total. The maximum Gasteiger partial charge on any atom is 0.311 e. The van der Waals surface area contributed by atoms with E-state index in [-0.39, 0.29) is 23.8 Å². The number of hydrogen-bond donors (Lipinski definition) is 1. The van der Waals surface area contributed by atoms with Crippen LogP contribution in [0, 0.1) is 10.1 Å². The van der Waals surface area contributed by atoms with Gasteiger partial charge in [-0.15, -0.1) is 11.3 Å². The molecule has 0 saturated carbocycles. The van der Waals surface area contributed by atoms with Gasteiger partial charge in [0, 0.05) is 23.1 Å². The number of nitrogens with one attached hydrogen (secondary N) is 1. The van der Waals surface area contributed by atoms with Gasteiger partial charge in [-0.2, -0.15) is 5.10 Å². The highest BCUT2D eigenvalue weighted by molar-refractivity contribution is 7.13. The summed E-state index contributed by atoms with van der Waals surface area (Å²) in [6, 6.07) is 2.72. The first-order valence-electron chi connectivity index (χ1n) is 7.78. The lowest BCUT2D eigenvalue weighted by atomic mass is 10.1. The zero-order valence-electron chi connectivity index (χ0n) is 14.9. The molecule has 0 unspecified atom stereocenters. The number of hydrazone groups is 1. The van der Waals surface area contributed by atoms with Crippen LogP contribution in [-0.4, -0.2) is 42.9 Å². The van der Waals surface area contributed by atoms with Crippen molar-refractivity contribution in [2.24, 2.45) is 5.10 Å². The second kappa shape index (κ2) is 9.48. The molecule has 27 heavy (non-hydrogen) atoms. The molecular formula is C16H18N4O6S. The molecule has 11 heteroatoms. The number of nitro groups is 1. The van der Waals surface area contributed by atoms with Crippen molar-refractivity contribution >= 4 is 34.3 Å². The predicted molar refractivity (Wildman–Crippen MR) is 99.9 cm³/mol. The van der Waals surface area contributed by atoms with Crippen molar-refractivity contribution < 1.29 is 23.9 Å². The average molecular weight is 394 g/mol. The maximum absolute atomic E-state index is 11.4. The molecule has 0 saturated heterocycles. The Morgan fingerprint density at radius 3 is 2.74 bits per heavy atom. The van der Waals surface area contributed by atoms with Gasteiger partial charge < -0.3 is 14.2 Å². The smallest absolute Gasteiger partial charge is 0.311 e. The molecule has 144 valence electrons. The molecule has 0 spiro atoms. The molecule has 2 aromatic rings. The van der Waals surface area contributed by atoms with Crippen LogP contribution in [0.15, 0.2) is 22.6 Å². The number of ether oxygens (including phenoxy) is 3. The normalized spacial score (nSPS) is 10.6. The second-order valence-electron chi connectivity index (χ2n) is 5.02. The van der Waals surface area contributed by atoms with E-state index in [9.17, 15) is 14.9 Å². The fraction of sp³-hybridized carbons (Fsp3) is 0.312. The minimum Gasteiger partial charge on any atom is -0.496 e. The number of methoxy groups -OCH3 is 2. The van der Waals surface area contributed by atoms with E-state index >= 15 is 0 Å². The summed E-state index contributed by atoms with van der Waals surface area (Å²) in [4.78, 5) is 26.3. The molecule has 0 amide bonds. The van der Waals surface area contributed by atoms with E-state index in [0.717, 1.165) is 0 Å². The van der Waals surface area contributed by atoms with Crippen molar-refractivity contribution in [1.29, 1.82) is 0 Å². The van der Waals surface area contributed by atoms with E-state index in [1.165, 1.54) is 43.9 Å². The molecule has 0 atom stereocenters. The Morgan fingerprint density at radius 2 is 2.11 bits per heavy atom. The third-order valence-corrected chi connectivity index (χ3v) is 4.07. The fourth-order valence-electron chi connectivity index (χ4n) is 2.11. The van der Waals surface area contributed by atoms with E-state index < -0.39 is 4.92 Å². The van der Waals surface area contributed by atoms with Crippen LogP contribution in [0.3, 0.4) is 0 Å². The number of esters is 1. The van der Waals surface area contributed by atoms with Crippen molar-refractivity contribution in [2.75, 3.05) is 26.3 Å². The van der Waals surface area contributed by atoms with Crippen LogP contribution >= 0.6 is 11.3 Å². The number of thiazole rings is 1. The number of nitro benzene ring substituents is 1. The van der Waals surface area contributed by atoms with Gasteiger partial charge in [-0.05, 0) is 6.92 Å². The SMILES string of the molecule is CCOC(=O)Cc1csc(N/N=C\c2cc([N+](=O)[O-])c(OC)cc2OC)n1. The number of nitrogens with zero attached hydrogens (tertiary/aromatic N) is 3. The summed E-state index contributed by atoms with van der Waals surface area (Å²) in [6.45, 7) is 2.05. The molecular weight excluding hydrogens is 376 g/mol. The summed E-state index contributed by atoms with van der Waals surface area (Å²) >= 11 is 1.27. The first kappa shape index (κ1) is 20.1. The topological polar surface area (TPSA) is 125 Å². The molecule has 0 fully saturated rings. The quantitative estimate of drug-likeness (QED) is 0.298. The van der Waals surface area contributed by atoms with Gasteiger partial charge in [0.25, 0.3) is 0 Å². The molecule has 1 heterocycles. The molecule has 10 nitrogen and oxygen atoms in total. The minimum atomic E-state index is -0.550. The van der Waals surface area contributed by atoms with Gasteiger partial charge in [0.1, 0.15) is 5.75 Å². The first-order valence-corrected chi connectivity index (χ1v) is 8.66. The van der Waals surface area contributed by atoms with Crippen LogP contribution < -0.4 is 14.9 Å². The predicted octanol–water partition coefficient (Wildman–Crippen LogP) is 2.62. The standard InChI is InChI=1S/C16H18N4O6S/c1-4-26-15(21)6-11-9-27-16(18-11)19-17-8-10-5-12(20(22)23)14(25-3)7-13(10)24-2/h5,7-9H,4,6H2,1-3H3,(H,18,19)/b17-8-. The minimum absolute atomic E-state index is 0.0776. The summed E-state index contributed by atoms with van der Waals surface area (Å²) in [7, 11) is 2.78. The van der Waals surface area contributed by atoms with Crippen LogP contribution in [0.4, 0.5) is 10.8 Å². The Bertz CT molecular complexity index is 851. The summed E-state index contributed by atoms with van der Waals surface area (Å²) in [6.07, 6.45) is 1.45. The van der Waals surface area contributed by atoms with Crippen LogP contribution in [-0.2, 0) is 16.0 Å².